The van der Waals surface area contributed by atoms with Gasteiger partial charge in [0.25, 0.3) is 0 Å². The number of urea groups is 1. The van der Waals surface area contributed by atoms with E-state index in [9.17, 15) is 14.3 Å². The summed E-state index contributed by atoms with van der Waals surface area (Å²) >= 11 is 0. The Balaban J connectivity index is 1.82. The molecule has 0 unspecified atom stereocenters. The zero-order valence-electron chi connectivity index (χ0n) is 14.3. The molecular weight excluding hydrogens is 297 g/mol. The van der Waals surface area contributed by atoms with Gasteiger partial charge in [-0.3, -0.25) is 0 Å². The maximum absolute atomic E-state index is 14.0. The van der Waals surface area contributed by atoms with Crippen LogP contribution < -0.4 is 5.32 Å². The summed E-state index contributed by atoms with van der Waals surface area (Å²) in [4.78, 5) is 15.6. The molecule has 128 valence electrons. The topological polar surface area (TPSA) is 55.8 Å². The first-order chi connectivity index (χ1) is 10.7. The summed E-state index contributed by atoms with van der Waals surface area (Å²) in [7, 11) is 3.78. The predicted octanol–water partition coefficient (Wildman–Crippen LogP) is 1.80. The van der Waals surface area contributed by atoms with Gasteiger partial charge in [-0.1, -0.05) is 12.1 Å². The number of amides is 2. The Morgan fingerprint density at radius 1 is 1.43 bits per heavy atom. The van der Waals surface area contributed by atoms with Crippen molar-refractivity contribution in [3.8, 4) is 0 Å². The summed E-state index contributed by atoms with van der Waals surface area (Å²) < 4.78 is 14.0. The van der Waals surface area contributed by atoms with Gasteiger partial charge in [0.15, 0.2) is 0 Å². The molecule has 23 heavy (non-hydrogen) atoms. The minimum absolute atomic E-state index is 0.107. The van der Waals surface area contributed by atoms with Crippen molar-refractivity contribution in [3.05, 3.63) is 35.1 Å². The highest BCUT2D eigenvalue weighted by Gasteiger charge is 2.39. The van der Waals surface area contributed by atoms with Crippen LogP contribution in [0.25, 0.3) is 0 Å². The molecule has 1 heterocycles. The fraction of sp³-hybridized carbons (Fsp3) is 0.588. The van der Waals surface area contributed by atoms with Crippen molar-refractivity contribution in [2.75, 3.05) is 27.2 Å². The minimum Gasteiger partial charge on any atom is -0.390 e. The summed E-state index contributed by atoms with van der Waals surface area (Å²) in [5, 5.41) is 12.6. The van der Waals surface area contributed by atoms with Gasteiger partial charge < -0.3 is 20.2 Å². The molecule has 1 aliphatic rings. The molecule has 2 amide bonds. The molecule has 5 nitrogen and oxygen atoms in total. The van der Waals surface area contributed by atoms with E-state index >= 15 is 0 Å². The highest BCUT2D eigenvalue weighted by atomic mass is 19.1. The lowest BCUT2D eigenvalue weighted by Gasteiger charge is -2.45. The smallest absolute Gasteiger partial charge is 0.317 e. The molecule has 0 atom stereocenters. The third kappa shape index (κ3) is 4.65. The molecule has 0 aliphatic carbocycles. The average Bonchev–Trinajstić information content (AvgIpc) is 2.35. The third-order valence-electron chi connectivity index (χ3n) is 4.22. The Morgan fingerprint density at radius 3 is 2.61 bits per heavy atom. The molecule has 1 fully saturated rings. The van der Waals surface area contributed by atoms with Crippen LogP contribution in [-0.2, 0) is 13.1 Å². The van der Waals surface area contributed by atoms with Crippen molar-refractivity contribution in [2.24, 2.45) is 5.92 Å². The number of likely N-dealkylation sites (tertiary alicyclic amines) is 1. The lowest BCUT2D eigenvalue weighted by Crippen LogP contribution is -2.59. The van der Waals surface area contributed by atoms with Crippen LogP contribution in [0.4, 0.5) is 9.18 Å². The highest BCUT2D eigenvalue weighted by Crippen LogP contribution is 2.26. The van der Waals surface area contributed by atoms with E-state index in [1.165, 1.54) is 6.07 Å². The third-order valence-corrected chi connectivity index (χ3v) is 4.22. The van der Waals surface area contributed by atoms with E-state index in [-0.39, 0.29) is 17.8 Å². The van der Waals surface area contributed by atoms with E-state index in [0.717, 1.165) is 5.56 Å². The van der Waals surface area contributed by atoms with Crippen LogP contribution in [0.3, 0.4) is 0 Å². The van der Waals surface area contributed by atoms with E-state index in [2.05, 4.69) is 5.32 Å². The summed E-state index contributed by atoms with van der Waals surface area (Å²) in [6.45, 7) is 5.44. The van der Waals surface area contributed by atoms with Crippen LogP contribution in [0.15, 0.2) is 18.2 Å². The Bertz CT molecular complexity index is 563. The maximum Gasteiger partial charge on any atom is 0.317 e. The first-order valence-corrected chi connectivity index (χ1v) is 7.84. The largest absolute Gasteiger partial charge is 0.390 e. The maximum atomic E-state index is 14.0. The van der Waals surface area contributed by atoms with Gasteiger partial charge >= 0.3 is 6.03 Å². The van der Waals surface area contributed by atoms with Crippen molar-refractivity contribution >= 4 is 6.03 Å². The van der Waals surface area contributed by atoms with Gasteiger partial charge in [0.1, 0.15) is 5.82 Å². The van der Waals surface area contributed by atoms with Crippen LogP contribution in [-0.4, -0.2) is 53.7 Å². The second kappa shape index (κ2) is 6.84. The molecule has 0 spiro atoms. The van der Waals surface area contributed by atoms with Gasteiger partial charge in [-0.2, -0.15) is 0 Å². The fourth-order valence-corrected chi connectivity index (χ4v) is 2.55. The number of benzene rings is 1. The molecule has 0 aromatic heterocycles. The first-order valence-electron chi connectivity index (χ1n) is 7.84. The molecule has 1 aromatic rings. The Labute approximate surface area is 137 Å². The molecule has 1 saturated heterocycles. The number of carbonyl (C=O) groups is 1. The van der Waals surface area contributed by atoms with Gasteiger partial charge in [-0.05, 0) is 39.6 Å². The second-order valence-electron chi connectivity index (χ2n) is 7.08. The number of rotatable bonds is 5. The van der Waals surface area contributed by atoms with E-state index in [1.807, 2.05) is 25.1 Å². The fourth-order valence-electron chi connectivity index (χ4n) is 2.55. The number of hydrogen-bond donors (Lipinski definition) is 2. The molecule has 2 N–H and O–H groups in total. The van der Waals surface area contributed by atoms with Crippen LogP contribution in [0, 0.1) is 11.7 Å². The molecule has 0 radical (unpaired) electrons. The molecule has 1 aromatic carbocycles. The molecule has 6 heteroatoms. The number of aliphatic hydroxyl groups is 1. The molecule has 0 bridgehead atoms. The standard InChI is InChI=1S/C17H26FN3O2/c1-17(2,23)14-10-21(11-14)16(22)19-8-12-5-6-13(9-20(3)4)15(18)7-12/h5-7,14,23H,8-11H2,1-4H3,(H,19,22). The first kappa shape index (κ1) is 17.7. The van der Waals surface area contributed by atoms with E-state index < -0.39 is 5.60 Å². The number of nitrogens with zero attached hydrogens (tertiary/aromatic N) is 2. The zero-order chi connectivity index (χ0) is 17.2. The Morgan fingerprint density at radius 2 is 2.09 bits per heavy atom. The van der Waals surface area contributed by atoms with Crippen molar-refractivity contribution in [1.82, 2.24) is 15.1 Å². The zero-order valence-corrected chi connectivity index (χ0v) is 14.3. The average molecular weight is 323 g/mol. The Hall–Kier alpha value is -1.66. The quantitative estimate of drug-likeness (QED) is 0.869. The molecular formula is C17H26FN3O2. The lowest BCUT2D eigenvalue weighted by molar-refractivity contribution is -0.0457. The van der Waals surface area contributed by atoms with Crippen molar-refractivity contribution in [2.45, 2.75) is 32.5 Å². The monoisotopic (exact) mass is 323 g/mol. The minimum atomic E-state index is -0.762. The number of hydrogen-bond acceptors (Lipinski definition) is 3. The normalized spacial score (nSPS) is 15.7. The molecule has 2 rings (SSSR count). The van der Waals surface area contributed by atoms with Crippen LogP contribution in [0.2, 0.25) is 0 Å². The van der Waals surface area contributed by atoms with Gasteiger partial charge in [0.2, 0.25) is 0 Å². The molecule has 0 saturated carbocycles. The van der Waals surface area contributed by atoms with E-state index in [0.29, 0.717) is 31.7 Å². The van der Waals surface area contributed by atoms with Crippen LogP contribution in [0.5, 0.6) is 0 Å². The number of nitrogens with one attached hydrogen (secondary N) is 1. The number of carbonyl (C=O) groups excluding carboxylic acids is 1. The molecule has 1 aliphatic heterocycles. The van der Waals surface area contributed by atoms with Gasteiger partial charge in [-0.15, -0.1) is 0 Å². The van der Waals surface area contributed by atoms with Crippen LogP contribution >= 0.6 is 0 Å². The predicted molar refractivity (Wildman–Crippen MR) is 87.4 cm³/mol. The van der Waals surface area contributed by atoms with E-state index in [1.54, 1.807) is 24.8 Å². The van der Waals surface area contributed by atoms with Gasteiger partial charge in [-0.25, -0.2) is 9.18 Å². The summed E-state index contributed by atoms with van der Waals surface area (Å²) in [5.41, 5.74) is 0.612. The number of halogens is 1. The lowest BCUT2D eigenvalue weighted by atomic mass is 9.85. The van der Waals surface area contributed by atoms with Crippen molar-refractivity contribution in [1.29, 1.82) is 0 Å². The summed E-state index contributed by atoms with van der Waals surface area (Å²) in [6.07, 6.45) is 0. The van der Waals surface area contributed by atoms with Crippen molar-refractivity contribution < 1.29 is 14.3 Å². The SMILES string of the molecule is CN(C)Cc1ccc(CNC(=O)N2CC(C(C)(C)O)C2)cc1F. The summed E-state index contributed by atoms with van der Waals surface area (Å²) in [6, 6.07) is 4.88. The van der Waals surface area contributed by atoms with Gasteiger partial charge in [0, 0.05) is 37.7 Å². The van der Waals surface area contributed by atoms with Gasteiger partial charge in [0.05, 0.1) is 5.60 Å². The van der Waals surface area contributed by atoms with Crippen molar-refractivity contribution in [3.63, 3.8) is 0 Å². The Kier molecular flexibility index (Phi) is 5.26. The highest BCUT2D eigenvalue weighted by molar-refractivity contribution is 5.75. The second-order valence-corrected chi connectivity index (χ2v) is 7.08. The van der Waals surface area contributed by atoms with E-state index in [4.69, 9.17) is 0 Å². The van der Waals surface area contributed by atoms with Crippen LogP contribution in [0.1, 0.15) is 25.0 Å². The summed E-state index contributed by atoms with van der Waals surface area (Å²) in [5.74, 6) is -0.146.